The van der Waals surface area contributed by atoms with Crippen LogP contribution in [0.15, 0.2) is 11.4 Å². The molecule has 1 aliphatic heterocycles. The number of quaternary nitrogens is 2. The molecule has 4 atom stereocenters. The Labute approximate surface area is 96.1 Å². The number of nitrogens with one attached hydrogen (secondary N) is 2. The quantitative estimate of drug-likeness (QED) is 0.563. The summed E-state index contributed by atoms with van der Waals surface area (Å²) in [5.41, 5.74) is 1.83. The van der Waals surface area contributed by atoms with Gasteiger partial charge in [0.05, 0.1) is 0 Å². The van der Waals surface area contributed by atoms with E-state index in [-0.39, 0.29) is 12.1 Å². The smallest absolute Gasteiger partial charge is 0.165 e. The van der Waals surface area contributed by atoms with Crippen LogP contribution >= 0.6 is 0 Å². The van der Waals surface area contributed by atoms with Gasteiger partial charge in [0.1, 0.15) is 12.1 Å². The lowest BCUT2D eigenvalue weighted by atomic mass is 9.85. The molecule has 0 aromatic rings. The molecule has 0 bridgehead atoms. The Bertz CT molecular complexity index is 286. The standard InChI is InChI=1S/C12H20N2O2/c15-13-9-5-1-2-6-10(9)14(16)12-8-4-3-7-11(12)13/h9-10,13-14H,1-8H2. The van der Waals surface area contributed by atoms with E-state index in [1.54, 1.807) is 0 Å². The Hall–Kier alpha value is -0.420. The second-order valence-electron chi connectivity index (χ2n) is 5.39. The highest BCUT2D eigenvalue weighted by atomic mass is 16.5. The lowest BCUT2D eigenvalue weighted by molar-refractivity contribution is -0.948. The van der Waals surface area contributed by atoms with Crippen molar-refractivity contribution in [3.05, 3.63) is 21.8 Å². The summed E-state index contributed by atoms with van der Waals surface area (Å²) < 4.78 is 0. The highest BCUT2D eigenvalue weighted by Crippen LogP contribution is 2.24. The SMILES string of the molecule is [O-][NH+]1C2=C(CCCC2)[NH+]([O-])C2CCCCC21. The highest BCUT2D eigenvalue weighted by Gasteiger charge is 2.44. The molecule has 0 spiro atoms. The van der Waals surface area contributed by atoms with E-state index in [9.17, 15) is 10.4 Å². The average Bonchev–Trinajstić information content (AvgIpc) is 2.36. The van der Waals surface area contributed by atoms with Gasteiger partial charge in [-0.15, -0.1) is 0 Å². The van der Waals surface area contributed by atoms with Crippen molar-refractivity contribution in [3.8, 4) is 0 Å². The Morgan fingerprint density at radius 3 is 1.62 bits per heavy atom. The van der Waals surface area contributed by atoms with Crippen LogP contribution < -0.4 is 10.1 Å². The molecule has 2 aliphatic carbocycles. The van der Waals surface area contributed by atoms with Gasteiger partial charge in [-0.3, -0.25) is 0 Å². The van der Waals surface area contributed by atoms with Gasteiger partial charge in [-0.1, -0.05) is 0 Å². The first-order chi connectivity index (χ1) is 7.79. The van der Waals surface area contributed by atoms with Gasteiger partial charge in [0.2, 0.25) is 0 Å². The van der Waals surface area contributed by atoms with Crippen molar-refractivity contribution < 1.29 is 10.1 Å². The van der Waals surface area contributed by atoms with Crippen LogP contribution in [0.5, 0.6) is 0 Å². The second kappa shape index (κ2) is 4.11. The Morgan fingerprint density at radius 2 is 1.19 bits per heavy atom. The normalized spacial score (nSPS) is 43.9. The van der Waals surface area contributed by atoms with E-state index in [4.69, 9.17) is 0 Å². The zero-order valence-corrected chi connectivity index (χ0v) is 9.63. The Balaban J connectivity index is 1.95. The molecule has 16 heavy (non-hydrogen) atoms. The van der Waals surface area contributed by atoms with Crippen LogP contribution in [0.25, 0.3) is 0 Å². The number of allylic oxidation sites excluding steroid dienone is 2. The number of hydroxylamine groups is 4. The molecular weight excluding hydrogens is 204 g/mol. The summed E-state index contributed by atoms with van der Waals surface area (Å²) in [6, 6.07) is 0.108. The largest absolute Gasteiger partial charge is 0.629 e. The molecule has 90 valence electrons. The minimum absolute atomic E-state index is 0.0538. The molecule has 4 nitrogen and oxygen atoms in total. The molecule has 4 unspecified atom stereocenters. The van der Waals surface area contributed by atoms with Crippen molar-refractivity contribution in [2.45, 2.75) is 63.5 Å². The summed E-state index contributed by atoms with van der Waals surface area (Å²) in [7, 11) is 0. The molecule has 3 aliphatic rings. The third kappa shape index (κ3) is 1.52. The van der Waals surface area contributed by atoms with Gasteiger partial charge < -0.3 is 20.5 Å². The summed E-state index contributed by atoms with van der Waals surface area (Å²) in [5, 5.41) is 25.3. The Morgan fingerprint density at radius 1 is 0.750 bits per heavy atom. The zero-order chi connectivity index (χ0) is 11.1. The van der Waals surface area contributed by atoms with E-state index in [2.05, 4.69) is 0 Å². The van der Waals surface area contributed by atoms with Crippen molar-refractivity contribution in [2.75, 3.05) is 0 Å². The van der Waals surface area contributed by atoms with Crippen molar-refractivity contribution >= 4 is 0 Å². The van der Waals surface area contributed by atoms with Crippen LogP contribution in [0.2, 0.25) is 0 Å². The highest BCUT2D eigenvalue weighted by molar-refractivity contribution is 5.06. The van der Waals surface area contributed by atoms with E-state index in [0.29, 0.717) is 10.1 Å². The van der Waals surface area contributed by atoms with Gasteiger partial charge in [-0.25, -0.2) is 0 Å². The molecule has 1 saturated carbocycles. The van der Waals surface area contributed by atoms with Gasteiger partial charge in [-0.2, -0.15) is 0 Å². The fraction of sp³-hybridized carbons (Fsp3) is 0.833. The van der Waals surface area contributed by atoms with Crippen LogP contribution in [0.3, 0.4) is 0 Å². The first kappa shape index (κ1) is 10.7. The van der Waals surface area contributed by atoms with E-state index in [1.165, 1.54) is 0 Å². The predicted octanol–water partition coefficient (Wildman–Crippen LogP) is -0.138. The molecule has 3 rings (SSSR count). The number of rotatable bonds is 0. The topological polar surface area (TPSA) is 55.0 Å². The maximum absolute atomic E-state index is 12.3. The first-order valence-corrected chi connectivity index (χ1v) is 6.59. The molecule has 0 radical (unpaired) electrons. The first-order valence-electron chi connectivity index (χ1n) is 6.59. The molecule has 1 fully saturated rings. The van der Waals surface area contributed by atoms with E-state index >= 15 is 0 Å². The maximum Gasteiger partial charge on any atom is 0.165 e. The minimum atomic E-state index is 0.0538. The van der Waals surface area contributed by atoms with Crippen LogP contribution in [0.1, 0.15) is 51.4 Å². The van der Waals surface area contributed by atoms with E-state index in [0.717, 1.165) is 62.8 Å². The van der Waals surface area contributed by atoms with Gasteiger partial charge in [0, 0.05) is 25.7 Å². The number of hydrogen-bond donors (Lipinski definition) is 2. The molecule has 0 amide bonds. The third-order valence-electron chi connectivity index (χ3n) is 4.50. The van der Waals surface area contributed by atoms with Gasteiger partial charge in [-0.05, 0) is 25.7 Å². The van der Waals surface area contributed by atoms with Crippen LogP contribution in [-0.4, -0.2) is 12.1 Å². The Kier molecular flexibility index (Phi) is 2.75. The third-order valence-corrected chi connectivity index (χ3v) is 4.50. The van der Waals surface area contributed by atoms with Gasteiger partial charge in [0.15, 0.2) is 11.4 Å². The van der Waals surface area contributed by atoms with Gasteiger partial charge >= 0.3 is 0 Å². The van der Waals surface area contributed by atoms with Crippen LogP contribution in [-0.2, 0) is 0 Å². The van der Waals surface area contributed by atoms with E-state index in [1.807, 2.05) is 0 Å². The molecule has 0 aromatic carbocycles. The maximum atomic E-state index is 12.3. The summed E-state index contributed by atoms with van der Waals surface area (Å²) in [4.78, 5) is 0. The minimum Gasteiger partial charge on any atom is -0.629 e. The van der Waals surface area contributed by atoms with Crippen LogP contribution in [0.4, 0.5) is 0 Å². The predicted molar refractivity (Wildman–Crippen MR) is 60.2 cm³/mol. The van der Waals surface area contributed by atoms with Crippen LogP contribution in [0, 0.1) is 10.4 Å². The fourth-order valence-corrected chi connectivity index (χ4v) is 3.66. The summed E-state index contributed by atoms with van der Waals surface area (Å²) >= 11 is 0. The number of fused-ring (bicyclic) bond motifs is 1. The lowest BCUT2D eigenvalue weighted by Gasteiger charge is -2.49. The van der Waals surface area contributed by atoms with Crippen molar-refractivity contribution in [1.29, 1.82) is 0 Å². The molecule has 2 N–H and O–H groups in total. The van der Waals surface area contributed by atoms with Crippen molar-refractivity contribution in [3.63, 3.8) is 0 Å². The summed E-state index contributed by atoms with van der Waals surface area (Å²) in [6.07, 6.45) is 8.07. The average molecular weight is 224 g/mol. The molecule has 1 heterocycles. The molecule has 0 saturated heterocycles. The van der Waals surface area contributed by atoms with Gasteiger partial charge in [0.25, 0.3) is 0 Å². The van der Waals surface area contributed by atoms with Crippen molar-refractivity contribution in [2.24, 2.45) is 0 Å². The summed E-state index contributed by atoms with van der Waals surface area (Å²) in [5.74, 6) is 0. The fourth-order valence-electron chi connectivity index (χ4n) is 3.66. The van der Waals surface area contributed by atoms with Crippen molar-refractivity contribution in [1.82, 2.24) is 0 Å². The molecule has 0 aromatic heterocycles. The second-order valence-corrected chi connectivity index (χ2v) is 5.39. The lowest BCUT2D eigenvalue weighted by Crippen LogP contribution is -3.26. The zero-order valence-electron chi connectivity index (χ0n) is 9.63. The van der Waals surface area contributed by atoms with E-state index < -0.39 is 0 Å². The summed E-state index contributed by atoms with van der Waals surface area (Å²) in [6.45, 7) is 0. The molecule has 4 heteroatoms. The monoisotopic (exact) mass is 224 g/mol. The molecular formula is C12H20N2O2. The number of hydrogen-bond acceptors (Lipinski definition) is 2.